The number of rotatable bonds is 1. The van der Waals surface area contributed by atoms with Gasteiger partial charge < -0.3 is 20.7 Å². The Morgan fingerprint density at radius 3 is 2.56 bits per heavy atom. The Morgan fingerprint density at radius 1 is 1.67 bits per heavy atom. The van der Waals surface area contributed by atoms with Crippen LogP contribution in [-0.2, 0) is 4.74 Å². The first kappa shape index (κ1) is 6.95. The molecule has 0 saturated carbocycles. The lowest BCUT2D eigenvalue weighted by Gasteiger charge is -2.05. The van der Waals surface area contributed by atoms with Crippen LogP contribution in [0.2, 0.25) is 0 Å². The number of aliphatic hydroxyl groups is 2. The normalized spacial score (nSPS) is 43.7. The maximum absolute atomic E-state index is 8.84. The molecule has 0 amide bonds. The van der Waals surface area contributed by atoms with Crippen LogP contribution in [0.25, 0.3) is 0 Å². The van der Waals surface area contributed by atoms with Crippen molar-refractivity contribution in [2.24, 2.45) is 5.73 Å². The summed E-state index contributed by atoms with van der Waals surface area (Å²) in [6.45, 7) is -0.0647. The molecule has 0 aromatic heterocycles. The average molecular weight is 133 g/mol. The zero-order valence-corrected chi connectivity index (χ0v) is 5.03. The molecule has 1 aliphatic rings. The molecule has 4 nitrogen and oxygen atoms in total. The zero-order chi connectivity index (χ0) is 6.85. The molecule has 3 atom stereocenters. The van der Waals surface area contributed by atoms with Gasteiger partial charge in [-0.3, -0.25) is 0 Å². The minimum absolute atomic E-state index is 0.0647. The summed E-state index contributed by atoms with van der Waals surface area (Å²) in [6, 6.07) is -0.331. The third kappa shape index (κ3) is 1.40. The van der Waals surface area contributed by atoms with Crippen molar-refractivity contribution in [2.75, 3.05) is 6.61 Å². The van der Waals surface area contributed by atoms with E-state index in [-0.39, 0.29) is 18.8 Å². The van der Waals surface area contributed by atoms with Crippen LogP contribution in [0.4, 0.5) is 0 Å². The van der Waals surface area contributed by atoms with Gasteiger partial charge in [0.25, 0.3) is 0 Å². The lowest BCUT2D eigenvalue weighted by molar-refractivity contribution is -0.106. The van der Waals surface area contributed by atoms with Crippen LogP contribution in [0.3, 0.4) is 0 Å². The molecule has 4 heteroatoms. The van der Waals surface area contributed by atoms with Crippen LogP contribution >= 0.6 is 0 Å². The van der Waals surface area contributed by atoms with E-state index in [9.17, 15) is 0 Å². The Bertz CT molecular complexity index is 88.2. The Morgan fingerprint density at radius 2 is 2.33 bits per heavy atom. The molecule has 1 fully saturated rings. The molecule has 0 spiro atoms. The highest BCUT2D eigenvalue weighted by Crippen LogP contribution is 2.15. The Balaban J connectivity index is 2.35. The van der Waals surface area contributed by atoms with Crippen molar-refractivity contribution in [3.05, 3.63) is 0 Å². The van der Waals surface area contributed by atoms with E-state index in [1.807, 2.05) is 0 Å². The van der Waals surface area contributed by atoms with Gasteiger partial charge in [-0.05, 0) is 6.42 Å². The molecule has 1 saturated heterocycles. The maximum atomic E-state index is 8.84. The summed E-state index contributed by atoms with van der Waals surface area (Å²) in [6.07, 6.45) is -0.616. The van der Waals surface area contributed by atoms with E-state index >= 15 is 0 Å². The lowest BCUT2D eigenvalue weighted by atomic mass is 10.2. The summed E-state index contributed by atoms with van der Waals surface area (Å²) in [5.74, 6) is 0. The standard InChI is InChI=1S/C5H11NO3/c6-4-1-3(2-7)9-5(4)8/h3-5,7-8H,1-2,6H2/t3-,4-,5?/m0/s1. The zero-order valence-electron chi connectivity index (χ0n) is 5.03. The van der Waals surface area contributed by atoms with E-state index in [4.69, 9.17) is 20.7 Å². The molecular formula is C5H11NO3. The second-order valence-corrected chi connectivity index (χ2v) is 2.23. The first-order valence-corrected chi connectivity index (χ1v) is 2.94. The van der Waals surface area contributed by atoms with E-state index < -0.39 is 6.29 Å². The molecule has 0 radical (unpaired) electrons. The highest BCUT2D eigenvalue weighted by atomic mass is 16.6. The molecule has 1 aliphatic heterocycles. The summed E-state index contributed by atoms with van der Waals surface area (Å²) in [5.41, 5.74) is 5.36. The van der Waals surface area contributed by atoms with Gasteiger partial charge in [0.2, 0.25) is 0 Å². The monoisotopic (exact) mass is 133 g/mol. The number of hydrogen-bond donors (Lipinski definition) is 3. The van der Waals surface area contributed by atoms with Crippen LogP contribution in [0.5, 0.6) is 0 Å². The molecule has 0 aliphatic carbocycles. The van der Waals surface area contributed by atoms with E-state index in [1.54, 1.807) is 0 Å². The lowest BCUT2D eigenvalue weighted by Crippen LogP contribution is -2.29. The fourth-order valence-corrected chi connectivity index (χ4v) is 0.891. The number of ether oxygens (including phenoxy) is 1. The summed E-state index contributed by atoms with van der Waals surface area (Å²) >= 11 is 0. The third-order valence-electron chi connectivity index (χ3n) is 1.44. The summed E-state index contributed by atoms with van der Waals surface area (Å²) in [4.78, 5) is 0. The average Bonchev–Trinajstić information content (AvgIpc) is 2.13. The summed E-state index contributed by atoms with van der Waals surface area (Å²) in [7, 11) is 0. The molecular weight excluding hydrogens is 122 g/mol. The van der Waals surface area contributed by atoms with Crippen LogP contribution in [-0.4, -0.2) is 35.3 Å². The highest BCUT2D eigenvalue weighted by molar-refractivity contribution is 4.77. The van der Waals surface area contributed by atoms with E-state index in [0.717, 1.165) is 0 Å². The molecule has 54 valence electrons. The van der Waals surface area contributed by atoms with Gasteiger partial charge in [0.1, 0.15) is 0 Å². The minimum Gasteiger partial charge on any atom is -0.394 e. The van der Waals surface area contributed by atoms with Gasteiger partial charge in [-0.1, -0.05) is 0 Å². The van der Waals surface area contributed by atoms with Crippen molar-refractivity contribution in [2.45, 2.75) is 24.9 Å². The first-order valence-electron chi connectivity index (χ1n) is 2.94. The maximum Gasteiger partial charge on any atom is 0.170 e. The molecule has 1 rings (SSSR count). The topological polar surface area (TPSA) is 75.7 Å². The van der Waals surface area contributed by atoms with E-state index in [1.165, 1.54) is 0 Å². The SMILES string of the molecule is N[C@H]1C[C@@H](CO)OC1O. The summed E-state index contributed by atoms with van der Waals surface area (Å²) < 4.78 is 4.80. The largest absolute Gasteiger partial charge is 0.394 e. The Labute approximate surface area is 53.2 Å². The van der Waals surface area contributed by atoms with Gasteiger partial charge in [0.05, 0.1) is 18.8 Å². The molecule has 1 unspecified atom stereocenters. The van der Waals surface area contributed by atoms with E-state index in [2.05, 4.69) is 0 Å². The van der Waals surface area contributed by atoms with Crippen LogP contribution in [0, 0.1) is 0 Å². The minimum atomic E-state index is -0.887. The number of hydrogen-bond acceptors (Lipinski definition) is 4. The van der Waals surface area contributed by atoms with Crippen molar-refractivity contribution in [3.63, 3.8) is 0 Å². The molecule has 1 heterocycles. The predicted molar refractivity (Wildman–Crippen MR) is 30.6 cm³/mol. The molecule has 0 aromatic rings. The Hall–Kier alpha value is -0.160. The fourth-order valence-electron chi connectivity index (χ4n) is 0.891. The van der Waals surface area contributed by atoms with Crippen molar-refractivity contribution in [1.29, 1.82) is 0 Å². The molecule has 0 bridgehead atoms. The first-order chi connectivity index (χ1) is 4.24. The molecule has 4 N–H and O–H groups in total. The van der Waals surface area contributed by atoms with Crippen LogP contribution in [0.15, 0.2) is 0 Å². The van der Waals surface area contributed by atoms with Gasteiger partial charge in [0.15, 0.2) is 6.29 Å². The smallest absolute Gasteiger partial charge is 0.170 e. The van der Waals surface area contributed by atoms with Crippen LogP contribution in [0.1, 0.15) is 6.42 Å². The molecule has 0 aromatic carbocycles. The second kappa shape index (κ2) is 2.62. The van der Waals surface area contributed by atoms with Crippen molar-refractivity contribution in [3.8, 4) is 0 Å². The van der Waals surface area contributed by atoms with Crippen molar-refractivity contribution < 1.29 is 14.9 Å². The molecule has 9 heavy (non-hydrogen) atoms. The van der Waals surface area contributed by atoms with Crippen LogP contribution < -0.4 is 5.73 Å². The van der Waals surface area contributed by atoms with Gasteiger partial charge in [0, 0.05) is 0 Å². The van der Waals surface area contributed by atoms with E-state index in [0.29, 0.717) is 6.42 Å². The second-order valence-electron chi connectivity index (χ2n) is 2.23. The van der Waals surface area contributed by atoms with Crippen molar-refractivity contribution >= 4 is 0 Å². The van der Waals surface area contributed by atoms with Gasteiger partial charge in [-0.25, -0.2) is 0 Å². The highest BCUT2D eigenvalue weighted by Gasteiger charge is 2.30. The number of aliphatic hydroxyl groups excluding tert-OH is 2. The third-order valence-corrected chi connectivity index (χ3v) is 1.44. The predicted octanol–water partition coefficient (Wildman–Crippen LogP) is -1.59. The van der Waals surface area contributed by atoms with Crippen molar-refractivity contribution in [1.82, 2.24) is 0 Å². The summed E-state index contributed by atoms with van der Waals surface area (Å²) in [5, 5.41) is 17.4. The van der Waals surface area contributed by atoms with Gasteiger partial charge >= 0.3 is 0 Å². The number of nitrogens with two attached hydrogens (primary N) is 1. The van der Waals surface area contributed by atoms with Gasteiger partial charge in [-0.2, -0.15) is 0 Å². The Kier molecular flexibility index (Phi) is 2.02. The van der Waals surface area contributed by atoms with Gasteiger partial charge in [-0.15, -0.1) is 0 Å². The fraction of sp³-hybridized carbons (Fsp3) is 1.00. The quantitative estimate of drug-likeness (QED) is 0.403.